The van der Waals surface area contributed by atoms with Gasteiger partial charge in [0.1, 0.15) is 12.4 Å². The average molecular weight is 326 g/mol. The third-order valence-electron chi connectivity index (χ3n) is 2.81. The van der Waals surface area contributed by atoms with E-state index in [4.69, 9.17) is 21.4 Å². The SMILES string of the molecule is O=C(O)c1cccc(OCCNCCc2ccc(Cl)s2)c1. The van der Waals surface area contributed by atoms with E-state index in [0.29, 0.717) is 18.9 Å². The van der Waals surface area contributed by atoms with Crippen molar-refractivity contribution >= 4 is 28.9 Å². The van der Waals surface area contributed by atoms with Gasteiger partial charge < -0.3 is 15.2 Å². The Labute approximate surface area is 132 Å². The lowest BCUT2D eigenvalue weighted by Gasteiger charge is -2.07. The molecule has 0 spiro atoms. The van der Waals surface area contributed by atoms with Crippen molar-refractivity contribution in [1.29, 1.82) is 0 Å². The van der Waals surface area contributed by atoms with Gasteiger partial charge in [0.05, 0.1) is 9.90 Å². The molecule has 0 fully saturated rings. The van der Waals surface area contributed by atoms with E-state index in [1.165, 1.54) is 10.9 Å². The van der Waals surface area contributed by atoms with Crippen molar-refractivity contribution in [3.05, 3.63) is 51.2 Å². The van der Waals surface area contributed by atoms with Crippen molar-refractivity contribution in [2.24, 2.45) is 0 Å². The molecule has 21 heavy (non-hydrogen) atoms. The summed E-state index contributed by atoms with van der Waals surface area (Å²) in [6.07, 6.45) is 0.936. The Kier molecular flexibility index (Phi) is 6.04. The van der Waals surface area contributed by atoms with Crippen molar-refractivity contribution in [2.75, 3.05) is 19.7 Å². The Morgan fingerprint density at radius 1 is 1.29 bits per heavy atom. The van der Waals surface area contributed by atoms with Gasteiger partial charge >= 0.3 is 5.97 Å². The zero-order chi connectivity index (χ0) is 15.1. The van der Waals surface area contributed by atoms with Gasteiger partial charge in [0.25, 0.3) is 0 Å². The van der Waals surface area contributed by atoms with E-state index in [-0.39, 0.29) is 5.56 Å². The average Bonchev–Trinajstić information content (AvgIpc) is 2.88. The molecule has 0 aliphatic rings. The third-order valence-corrected chi connectivity index (χ3v) is 4.10. The van der Waals surface area contributed by atoms with E-state index in [1.807, 2.05) is 12.1 Å². The Morgan fingerprint density at radius 2 is 2.14 bits per heavy atom. The molecule has 2 aromatic rings. The van der Waals surface area contributed by atoms with Gasteiger partial charge in [-0.05, 0) is 36.8 Å². The molecular formula is C15H16ClNO3S. The fourth-order valence-electron chi connectivity index (χ4n) is 1.78. The first kappa shape index (κ1) is 15.8. The van der Waals surface area contributed by atoms with Crippen LogP contribution < -0.4 is 10.1 Å². The standard InChI is InChI=1S/C15H16ClNO3S/c16-14-5-4-13(21-14)6-7-17-8-9-20-12-3-1-2-11(10-12)15(18)19/h1-5,10,17H,6-9H2,(H,18,19). The van der Waals surface area contributed by atoms with Gasteiger partial charge in [0.2, 0.25) is 0 Å². The summed E-state index contributed by atoms with van der Waals surface area (Å²) in [5, 5.41) is 12.2. The predicted molar refractivity (Wildman–Crippen MR) is 84.8 cm³/mol. The molecule has 4 nitrogen and oxygen atoms in total. The lowest BCUT2D eigenvalue weighted by atomic mass is 10.2. The van der Waals surface area contributed by atoms with Gasteiger partial charge in [-0.25, -0.2) is 4.79 Å². The lowest BCUT2D eigenvalue weighted by molar-refractivity contribution is 0.0696. The van der Waals surface area contributed by atoms with Crippen LogP contribution in [-0.2, 0) is 6.42 Å². The number of hydrogen-bond donors (Lipinski definition) is 2. The van der Waals surface area contributed by atoms with Gasteiger partial charge in [-0.2, -0.15) is 0 Å². The number of thiophene rings is 1. The van der Waals surface area contributed by atoms with Gasteiger partial charge in [0, 0.05) is 18.0 Å². The quantitative estimate of drug-likeness (QED) is 0.731. The highest BCUT2D eigenvalue weighted by Gasteiger charge is 2.03. The van der Waals surface area contributed by atoms with Gasteiger partial charge in [-0.15, -0.1) is 11.3 Å². The summed E-state index contributed by atoms with van der Waals surface area (Å²) in [7, 11) is 0. The van der Waals surface area contributed by atoms with Crippen LogP contribution in [0, 0.1) is 0 Å². The van der Waals surface area contributed by atoms with Crippen LogP contribution in [0.5, 0.6) is 5.75 Å². The smallest absolute Gasteiger partial charge is 0.335 e. The Balaban J connectivity index is 1.63. The summed E-state index contributed by atoms with van der Waals surface area (Å²) in [6.45, 7) is 2.06. The fraction of sp³-hybridized carbons (Fsp3) is 0.267. The number of rotatable bonds is 8. The van der Waals surface area contributed by atoms with Gasteiger partial charge in [0.15, 0.2) is 0 Å². The van der Waals surface area contributed by atoms with Crippen LogP contribution >= 0.6 is 22.9 Å². The van der Waals surface area contributed by atoms with E-state index in [1.54, 1.807) is 29.5 Å². The Morgan fingerprint density at radius 3 is 2.86 bits per heavy atom. The molecule has 0 amide bonds. The number of carboxylic acids is 1. The molecular weight excluding hydrogens is 310 g/mol. The molecule has 2 rings (SSSR count). The Hall–Kier alpha value is -1.56. The zero-order valence-electron chi connectivity index (χ0n) is 11.3. The first-order chi connectivity index (χ1) is 10.1. The monoisotopic (exact) mass is 325 g/mol. The number of nitrogens with one attached hydrogen (secondary N) is 1. The highest BCUT2D eigenvalue weighted by molar-refractivity contribution is 7.16. The summed E-state index contributed by atoms with van der Waals surface area (Å²) in [4.78, 5) is 12.1. The molecule has 0 bridgehead atoms. The number of ether oxygens (including phenoxy) is 1. The third kappa shape index (κ3) is 5.38. The van der Waals surface area contributed by atoms with Crippen LogP contribution in [0.4, 0.5) is 0 Å². The van der Waals surface area contributed by atoms with Crippen LogP contribution in [0.15, 0.2) is 36.4 Å². The van der Waals surface area contributed by atoms with E-state index in [9.17, 15) is 4.79 Å². The van der Waals surface area contributed by atoms with Crippen LogP contribution in [0.25, 0.3) is 0 Å². The van der Waals surface area contributed by atoms with Gasteiger partial charge in [-0.3, -0.25) is 0 Å². The highest BCUT2D eigenvalue weighted by atomic mass is 35.5. The largest absolute Gasteiger partial charge is 0.492 e. The van der Waals surface area contributed by atoms with Crippen LogP contribution in [-0.4, -0.2) is 30.8 Å². The van der Waals surface area contributed by atoms with E-state index in [0.717, 1.165) is 17.3 Å². The summed E-state index contributed by atoms with van der Waals surface area (Å²) < 4.78 is 6.32. The minimum Gasteiger partial charge on any atom is -0.492 e. The molecule has 1 aromatic heterocycles. The van der Waals surface area contributed by atoms with Crippen LogP contribution in [0.2, 0.25) is 4.34 Å². The topological polar surface area (TPSA) is 58.6 Å². The number of halogens is 1. The maximum atomic E-state index is 10.8. The number of carboxylic acid groups (broad SMARTS) is 1. The molecule has 1 aromatic carbocycles. The lowest BCUT2D eigenvalue weighted by Crippen LogP contribution is -2.23. The Bertz CT molecular complexity index is 600. The second-order valence-electron chi connectivity index (χ2n) is 4.39. The van der Waals surface area contributed by atoms with Crippen LogP contribution in [0.3, 0.4) is 0 Å². The zero-order valence-corrected chi connectivity index (χ0v) is 12.9. The van der Waals surface area contributed by atoms with Crippen molar-refractivity contribution in [3.8, 4) is 5.75 Å². The molecule has 0 aliphatic carbocycles. The fourth-order valence-corrected chi connectivity index (χ4v) is 2.87. The normalized spacial score (nSPS) is 10.5. The van der Waals surface area contributed by atoms with E-state index >= 15 is 0 Å². The van der Waals surface area contributed by atoms with E-state index in [2.05, 4.69) is 5.32 Å². The van der Waals surface area contributed by atoms with E-state index < -0.39 is 5.97 Å². The number of carbonyl (C=O) groups is 1. The minimum atomic E-state index is -0.951. The summed E-state index contributed by atoms with van der Waals surface area (Å²) in [6, 6.07) is 10.4. The molecule has 0 unspecified atom stereocenters. The highest BCUT2D eigenvalue weighted by Crippen LogP contribution is 2.21. The van der Waals surface area contributed by atoms with Crippen molar-refractivity contribution < 1.29 is 14.6 Å². The second kappa shape index (κ2) is 8.02. The molecule has 112 valence electrons. The first-order valence-corrected chi connectivity index (χ1v) is 7.75. The molecule has 0 aliphatic heterocycles. The molecule has 0 saturated carbocycles. The summed E-state index contributed by atoms with van der Waals surface area (Å²) >= 11 is 7.45. The minimum absolute atomic E-state index is 0.232. The summed E-state index contributed by atoms with van der Waals surface area (Å²) in [5.74, 6) is -0.380. The van der Waals surface area contributed by atoms with Crippen molar-refractivity contribution in [1.82, 2.24) is 5.32 Å². The maximum Gasteiger partial charge on any atom is 0.335 e. The molecule has 0 saturated heterocycles. The maximum absolute atomic E-state index is 10.8. The first-order valence-electron chi connectivity index (χ1n) is 6.56. The van der Waals surface area contributed by atoms with Gasteiger partial charge in [-0.1, -0.05) is 17.7 Å². The van der Waals surface area contributed by atoms with Crippen molar-refractivity contribution in [3.63, 3.8) is 0 Å². The van der Waals surface area contributed by atoms with Crippen LogP contribution in [0.1, 0.15) is 15.2 Å². The van der Waals surface area contributed by atoms with Crippen molar-refractivity contribution in [2.45, 2.75) is 6.42 Å². The summed E-state index contributed by atoms with van der Waals surface area (Å²) in [5.41, 5.74) is 0.232. The number of aromatic carboxylic acids is 1. The second-order valence-corrected chi connectivity index (χ2v) is 6.19. The molecule has 6 heteroatoms. The molecule has 2 N–H and O–H groups in total. The number of benzene rings is 1. The number of hydrogen-bond acceptors (Lipinski definition) is 4. The molecule has 1 heterocycles. The molecule has 0 radical (unpaired) electrons. The predicted octanol–water partition coefficient (Wildman–Crippen LogP) is 3.31. The molecule has 0 atom stereocenters.